The third kappa shape index (κ3) is 1.67. The molecule has 0 spiro atoms. The number of H-pyrrole nitrogens is 1. The number of aromatic amines is 1. The monoisotopic (exact) mass is 247 g/mol. The highest BCUT2D eigenvalue weighted by Crippen LogP contribution is 2.34. The van der Waals surface area contributed by atoms with E-state index < -0.39 is 11.9 Å². The molecule has 0 unspecified atom stereocenters. The van der Waals surface area contributed by atoms with Gasteiger partial charge in [0.25, 0.3) is 0 Å². The number of nitrogens with one attached hydrogen (secondary N) is 1. The Bertz CT molecular complexity index is 559. The lowest BCUT2D eigenvalue weighted by molar-refractivity contribution is -0.140. The van der Waals surface area contributed by atoms with E-state index in [1.165, 1.54) is 12.1 Å². The van der Waals surface area contributed by atoms with Gasteiger partial charge in [-0.3, -0.25) is 4.79 Å². The minimum absolute atomic E-state index is 0.0271. The molecule has 1 aromatic heterocycles. The lowest BCUT2D eigenvalue weighted by atomic mass is 10.2. The highest BCUT2D eigenvalue weighted by atomic mass is 35.5. The van der Waals surface area contributed by atoms with E-state index in [2.05, 4.69) is 4.98 Å². The molecule has 0 atom stereocenters. The molecule has 1 N–H and O–H groups in total. The molecule has 2 nitrogen and oxygen atoms in total. The summed E-state index contributed by atoms with van der Waals surface area (Å²) in [6.07, 6.45) is -3.95. The summed E-state index contributed by atoms with van der Waals surface area (Å²) in [5.74, 6) is 0. The Balaban J connectivity index is 2.71. The number of aromatic nitrogens is 1. The van der Waals surface area contributed by atoms with Gasteiger partial charge in [-0.05, 0) is 18.2 Å². The molecule has 6 heteroatoms. The third-order valence-electron chi connectivity index (χ3n) is 2.20. The molecule has 2 rings (SSSR count). The van der Waals surface area contributed by atoms with Crippen LogP contribution in [-0.4, -0.2) is 11.3 Å². The summed E-state index contributed by atoms with van der Waals surface area (Å²) in [4.78, 5) is 12.8. The maximum absolute atomic E-state index is 12.4. The number of halogens is 4. The number of alkyl halides is 3. The molecule has 2 aromatic rings. The van der Waals surface area contributed by atoms with Crippen LogP contribution in [0.3, 0.4) is 0 Å². The molecule has 0 radical (unpaired) electrons. The second-order valence-corrected chi connectivity index (χ2v) is 3.61. The van der Waals surface area contributed by atoms with Crippen LogP contribution in [0.4, 0.5) is 13.2 Å². The first-order chi connectivity index (χ1) is 7.43. The predicted octanol–water partition coefficient (Wildman–Crippen LogP) is 3.65. The van der Waals surface area contributed by atoms with E-state index in [4.69, 9.17) is 11.6 Å². The molecule has 84 valence electrons. The lowest BCUT2D eigenvalue weighted by Crippen LogP contribution is -2.04. The van der Waals surface area contributed by atoms with Crippen molar-refractivity contribution in [3.63, 3.8) is 0 Å². The van der Waals surface area contributed by atoms with Crippen molar-refractivity contribution in [2.24, 2.45) is 0 Å². The number of carbonyl (C=O) groups excluding carboxylic acids is 1. The summed E-state index contributed by atoms with van der Waals surface area (Å²) in [5.41, 5.74) is -0.461. The summed E-state index contributed by atoms with van der Waals surface area (Å²) in [5, 5.41) is 0.220. The van der Waals surface area contributed by atoms with Gasteiger partial charge >= 0.3 is 6.18 Å². The van der Waals surface area contributed by atoms with Crippen LogP contribution in [-0.2, 0) is 6.18 Å². The topological polar surface area (TPSA) is 32.9 Å². The van der Waals surface area contributed by atoms with Crippen molar-refractivity contribution in [2.45, 2.75) is 6.18 Å². The van der Waals surface area contributed by atoms with Gasteiger partial charge in [-0.1, -0.05) is 11.6 Å². The second-order valence-electron chi connectivity index (χ2n) is 3.23. The average molecular weight is 248 g/mol. The van der Waals surface area contributed by atoms with Crippen LogP contribution in [0.2, 0.25) is 5.02 Å². The Kier molecular flexibility index (Phi) is 2.42. The molecule has 0 aliphatic carbocycles. The first-order valence-electron chi connectivity index (χ1n) is 4.27. The van der Waals surface area contributed by atoms with Crippen molar-refractivity contribution in [3.05, 3.63) is 34.5 Å². The quantitative estimate of drug-likeness (QED) is 0.767. The molecule has 1 heterocycles. The van der Waals surface area contributed by atoms with Gasteiger partial charge in [0.2, 0.25) is 0 Å². The first-order valence-corrected chi connectivity index (χ1v) is 4.65. The zero-order valence-corrected chi connectivity index (χ0v) is 8.49. The van der Waals surface area contributed by atoms with Gasteiger partial charge in [0.15, 0.2) is 6.29 Å². The molecule has 1 aromatic carbocycles. The first kappa shape index (κ1) is 11.0. The smallest absolute Gasteiger partial charge is 0.351 e. The van der Waals surface area contributed by atoms with E-state index in [0.29, 0.717) is 6.29 Å². The number of rotatable bonds is 1. The van der Waals surface area contributed by atoms with Gasteiger partial charge in [0.1, 0.15) is 5.69 Å². The SMILES string of the molecule is O=Cc1ccc2[nH]c(C(F)(F)F)cc2c1Cl. The normalized spacial score (nSPS) is 12.0. The molecule has 0 saturated carbocycles. The van der Waals surface area contributed by atoms with Gasteiger partial charge in [0.05, 0.1) is 5.02 Å². The summed E-state index contributed by atoms with van der Waals surface area (Å²) in [6, 6.07) is 3.65. The van der Waals surface area contributed by atoms with Crippen molar-refractivity contribution in [1.29, 1.82) is 0 Å². The van der Waals surface area contributed by atoms with Crippen LogP contribution in [0, 0.1) is 0 Å². The molecular weight excluding hydrogens is 243 g/mol. The van der Waals surface area contributed by atoms with E-state index in [-0.39, 0.29) is 21.5 Å². The van der Waals surface area contributed by atoms with Crippen LogP contribution in [0.5, 0.6) is 0 Å². The lowest BCUT2D eigenvalue weighted by Gasteiger charge is -2.00. The zero-order chi connectivity index (χ0) is 11.9. The van der Waals surface area contributed by atoms with Gasteiger partial charge < -0.3 is 4.98 Å². The van der Waals surface area contributed by atoms with Crippen LogP contribution in [0.15, 0.2) is 18.2 Å². The predicted molar refractivity (Wildman–Crippen MR) is 53.7 cm³/mol. The number of aldehydes is 1. The van der Waals surface area contributed by atoms with Crippen LogP contribution in [0.1, 0.15) is 16.1 Å². The molecule has 16 heavy (non-hydrogen) atoms. The summed E-state index contributed by atoms with van der Waals surface area (Å²) in [7, 11) is 0. The standard InChI is InChI=1S/C10H5ClF3NO/c11-9-5(4-16)1-2-7-6(9)3-8(15-7)10(12,13)14/h1-4,15H. The summed E-state index contributed by atoms with van der Waals surface area (Å²) in [6.45, 7) is 0. The van der Waals surface area contributed by atoms with Gasteiger partial charge in [-0.15, -0.1) is 0 Å². The fourth-order valence-electron chi connectivity index (χ4n) is 1.43. The molecule has 0 fully saturated rings. The second kappa shape index (κ2) is 3.52. The third-order valence-corrected chi connectivity index (χ3v) is 2.62. The molecule has 0 saturated heterocycles. The maximum Gasteiger partial charge on any atom is 0.431 e. The van der Waals surface area contributed by atoms with Crippen molar-refractivity contribution < 1.29 is 18.0 Å². The van der Waals surface area contributed by atoms with E-state index in [1.807, 2.05) is 0 Å². The van der Waals surface area contributed by atoms with E-state index >= 15 is 0 Å². The molecule has 0 aliphatic heterocycles. The number of hydrogen-bond donors (Lipinski definition) is 1. The van der Waals surface area contributed by atoms with E-state index in [9.17, 15) is 18.0 Å². The number of benzene rings is 1. The highest BCUT2D eigenvalue weighted by molar-refractivity contribution is 6.37. The average Bonchev–Trinajstić information content (AvgIpc) is 2.62. The van der Waals surface area contributed by atoms with Crippen LogP contribution >= 0.6 is 11.6 Å². The molecule has 0 aliphatic rings. The number of fused-ring (bicyclic) bond motifs is 1. The largest absolute Gasteiger partial charge is 0.431 e. The summed E-state index contributed by atoms with van der Waals surface area (Å²) < 4.78 is 37.2. The van der Waals surface area contributed by atoms with Crippen molar-refractivity contribution in [1.82, 2.24) is 4.98 Å². The Hall–Kier alpha value is -1.49. The fourth-order valence-corrected chi connectivity index (χ4v) is 1.69. The highest BCUT2D eigenvalue weighted by Gasteiger charge is 2.32. The minimum atomic E-state index is -4.45. The van der Waals surface area contributed by atoms with Crippen molar-refractivity contribution in [2.75, 3.05) is 0 Å². The minimum Gasteiger partial charge on any atom is -0.351 e. The Morgan fingerprint density at radius 1 is 1.31 bits per heavy atom. The fraction of sp³-hybridized carbons (Fsp3) is 0.100. The van der Waals surface area contributed by atoms with Crippen LogP contribution < -0.4 is 0 Å². The van der Waals surface area contributed by atoms with Crippen molar-refractivity contribution in [3.8, 4) is 0 Å². The van der Waals surface area contributed by atoms with Gasteiger partial charge in [-0.25, -0.2) is 0 Å². The molecular formula is C10H5ClF3NO. The number of carbonyl (C=O) groups is 1. The molecule has 0 amide bonds. The van der Waals surface area contributed by atoms with Crippen molar-refractivity contribution >= 4 is 28.8 Å². The Labute approximate surface area is 93.0 Å². The van der Waals surface area contributed by atoms with Gasteiger partial charge in [0, 0.05) is 16.5 Å². The van der Waals surface area contributed by atoms with E-state index in [0.717, 1.165) is 6.07 Å². The summed E-state index contributed by atoms with van der Waals surface area (Å²) >= 11 is 5.79. The van der Waals surface area contributed by atoms with E-state index in [1.54, 1.807) is 0 Å². The number of hydrogen-bond acceptors (Lipinski definition) is 1. The molecule has 0 bridgehead atoms. The van der Waals surface area contributed by atoms with Gasteiger partial charge in [-0.2, -0.15) is 13.2 Å². The van der Waals surface area contributed by atoms with Crippen LogP contribution in [0.25, 0.3) is 10.9 Å². The Morgan fingerprint density at radius 2 is 2.00 bits per heavy atom. The Morgan fingerprint density at radius 3 is 2.56 bits per heavy atom. The zero-order valence-electron chi connectivity index (χ0n) is 7.73. The maximum atomic E-state index is 12.4.